The number of aryl methyl sites for hydroxylation is 2. The van der Waals surface area contributed by atoms with Gasteiger partial charge in [0, 0.05) is 12.1 Å². The normalized spacial score (nSPS) is 10.5. The number of non-ortho nitro benzene ring substituents is 1. The predicted octanol–water partition coefficient (Wildman–Crippen LogP) is 4.75. The third-order valence-electron chi connectivity index (χ3n) is 4.30. The van der Waals surface area contributed by atoms with Gasteiger partial charge in [-0.05, 0) is 53.3 Å². The van der Waals surface area contributed by atoms with Crippen molar-refractivity contribution < 1.29 is 14.8 Å². The SMILES string of the molecule is O=C(O)c1ccccc1CCc1ccc(-c2ccc([N+](=O)[O-])cc2)cc1. The number of nitrogens with zero attached hydrogens (tertiary/aromatic N) is 1. The van der Waals surface area contributed by atoms with Crippen LogP contribution in [-0.4, -0.2) is 16.0 Å². The van der Waals surface area contributed by atoms with Crippen molar-refractivity contribution in [3.63, 3.8) is 0 Å². The number of carbonyl (C=O) groups is 1. The summed E-state index contributed by atoms with van der Waals surface area (Å²) in [5.74, 6) is -0.908. The maximum absolute atomic E-state index is 11.3. The molecule has 0 saturated carbocycles. The first kappa shape index (κ1) is 17.4. The van der Waals surface area contributed by atoms with E-state index < -0.39 is 10.9 Å². The number of nitro benzene ring substituents is 1. The van der Waals surface area contributed by atoms with Crippen LogP contribution in [-0.2, 0) is 12.8 Å². The highest BCUT2D eigenvalue weighted by molar-refractivity contribution is 5.89. The molecule has 3 rings (SSSR count). The number of aromatic carboxylic acids is 1. The summed E-state index contributed by atoms with van der Waals surface area (Å²) in [6.45, 7) is 0. The number of benzene rings is 3. The van der Waals surface area contributed by atoms with Crippen LogP contribution >= 0.6 is 0 Å². The third-order valence-corrected chi connectivity index (χ3v) is 4.30. The summed E-state index contributed by atoms with van der Waals surface area (Å²) in [6, 6.07) is 21.4. The number of hydrogen-bond acceptors (Lipinski definition) is 3. The average Bonchev–Trinajstić information content (AvgIpc) is 2.67. The Morgan fingerprint density at radius 2 is 1.42 bits per heavy atom. The fourth-order valence-electron chi connectivity index (χ4n) is 2.87. The van der Waals surface area contributed by atoms with Gasteiger partial charge in [0.15, 0.2) is 0 Å². The molecule has 1 N–H and O–H groups in total. The minimum Gasteiger partial charge on any atom is -0.478 e. The van der Waals surface area contributed by atoms with Crippen LogP contribution in [0.4, 0.5) is 5.69 Å². The van der Waals surface area contributed by atoms with E-state index >= 15 is 0 Å². The number of nitro groups is 1. The molecule has 0 radical (unpaired) electrons. The molecule has 0 aliphatic carbocycles. The number of rotatable bonds is 6. The molecule has 0 aliphatic rings. The maximum atomic E-state index is 11.3. The summed E-state index contributed by atoms with van der Waals surface area (Å²) in [7, 11) is 0. The van der Waals surface area contributed by atoms with Crippen molar-refractivity contribution in [3.05, 3.63) is 99.6 Å². The molecule has 0 fully saturated rings. The van der Waals surface area contributed by atoms with E-state index in [0.717, 1.165) is 28.7 Å². The monoisotopic (exact) mass is 347 g/mol. The zero-order chi connectivity index (χ0) is 18.5. The van der Waals surface area contributed by atoms with Gasteiger partial charge in [-0.2, -0.15) is 0 Å². The quantitative estimate of drug-likeness (QED) is 0.515. The fraction of sp³-hybridized carbons (Fsp3) is 0.0952. The smallest absolute Gasteiger partial charge is 0.335 e. The van der Waals surface area contributed by atoms with Crippen molar-refractivity contribution in [3.8, 4) is 11.1 Å². The highest BCUT2D eigenvalue weighted by Gasteiger charge is 2.09. The van der Waals surface area contributed by atoms with E-state index in [1.807, 2.05) is 36.4 Å². The first-order chi connectivity index (χ1) is 12.5. The summed E-state index contributed by atoms with van der Waals surface area (Å²) in [6.07, 6.45) is 1.39. The zero-order valence-electron chi connectivity index (χ0n) is 14.0. The van der Waals surface area contributed by atoms with Crippen LogP contribution in [0, 0.1) is 10.1 Å². The highest BCUT2D eigenvalue weighted by Crippen LogP contribution is 2.23. The summed E-state index contributed by atoms with van der Waals surface area (Å²) in [5, 5.41) is 20.0. The molecule has 5 heteroatoms. The van der Waals surface area contributed by atoms with Gasteiger partial charge in [-0.15, -0.1) is 0 Å². The topological polar surface area (TPSA) is 80.4 Å². The molecule has 0 saturated heterocycles. The van der Waals surface area contributed by atoms with E-state index in [-0.39, 0.29) is 5.69 Å². The molecule has 26 heavy (non-hydrogen) atoms. The third kappa shape index (κ3) is 3.95. The van der Waals surface area contributed by atoms with Crippen LogP contribution in [0.3, 0.4) is 0 Å². The molecule has 3 aromatic carbocycles. The van der Waals surface area contributed by atoms with Gasteiger partial charge in [-0.1, -0.05) is 42.5 Å². The second-order valence-corrected chi connectivity index (χ2v) is 5.96. The Morgan fingerprint density at radius 3 is 2.00 bits per heavy atom. The van der Waals surface area contributed by atoms with Crippen LogP contribution < -0.4 is 0 Å². The van der Waals surface area contributed by atoms with Gasteiger partial charge >= 0.3 is 5.97 Å². The largest absolute Gasteiger partial charge is 0.478 e. The van der Waals surface area contributed by atoms with Crippen molar-refractivity contribution >= 4 is 11.7 Å². The van der Waals surface area contributed by atoms with Crippen LogP contribution in [0.15, 0.2) is 72.8 Å². The maximum Gasteiger partial charge on any atom is 0.335 e. The summed E-state index contributed by atoms with van der Waals surface area (Å²) in [4.78, 5) is 21.6. The first-order valence-electron chi connectivity index (χ1n) is 8.19. The highest BCUT2D eigenvalue weighted by atomic mass is 16.6. The minimum absolute atomic E-state index is 0.0717. The zero-order valence-corrected chi connectivity index (χ0v) is 14.0. The lowest BCUT2D eigenvalue weighted by Crippen LogP contribution is -2.03. The molecule has 130 valence electrons. The Hall–Kier alpha value is -3.47. The molecule has 0 unspecified atom stereocenters. The van der Waals surface area contributed by atoms with Crippen molar-refractivity contribution in [2.75, 3.05) is 0 Å². The van der Waals surface area contributed by atoms with Crippen molar-refractivity contribution in [2.45, 2.75) is 12.8 Å². The lowest BCUT2D eigenvalue weighted by Gasteiger charge is -2.07. The Labute approximate surface area is 150 Å². The van der Waals surface area contributed by atoms with E-state index in [1.165, 1.54) is 12.1 Å². The lowest BCUT2D eigenvalue weighted by atomic mass is 9.98. The average molecular weight is 347 g/mol. The van der Waals surface area contributed by atoms with E-state index in [4.69, 9.17) is 0 Å². The number of hydrogen-bond donors (Lipinski definition) is 1. The molecule has 0 bridgehead atoms. The van der Waals surface area contributed by atoms with Crippen molar-refractivity contribution in [1.82, 2.24) is 0 Å². The molecule has 0 atom stereocenters. The van der Waals surface area contributed by atoms with Gasteiger partial charge in [0.1, 0.15) is 0 Å². The van der Waals surface area contributed by atoms with Crippen LogP contribution in [0.25, 0.3) is 11.1 Å². The second kappa shape index (κ2) is 7.61. The van der Waals surface area contributed by atoms with Crippen LogP contribution in [0.2, 0.25) is 0 Å². The van der Waals surface area contributed by atoms with E-state index in [2.05, 4.69) is 0 Å². The molecule has 0 amide bonds. The van der Waals surface area contributed by atoms with Gasteiger partial charge in [0.05, 0.1) is 10.5 Å². The number of carboxylic acid groups (broad SMARTS) is 1. The van der Waals surface area contributed by atoms with Crippen LogP contribution in [0.1, 0.15) is 21.5 Å². The van der Waals surface area contributed by atoms with E-state index in [1.54, 1.807) is 24.3 Å². The summed E-state index contributed by atoms with van der Waals surface area (Å²) in [5.41, 5.74) is 4.24. The van der Waals surface area contributed by atoms with Gasteiger partial charge in [-0.25, -0.2) is 4.79 Å². The Kier molecular flexibility index (Phi) is 5.08. The molecule has 5 nitrogen and oxygen atoms in total. The molecule has 0 aromatic heterocycles. The van der Waals surface area contributed by atoms with E-state index in [9.17, 15) is 20.0 Å². The number of carboxylic acids is 1. The Balaban J connectivity index is 1.70. The minimum atomic E-state index is -0.908. The standard InChI is InChI=1S/C21H17NO4/c23-21(24)20-4-2-1-3-18(20)10-7-15-5-8-16(9-6-15)17-11-13-19(14-12-17)22(25)26/h1-6,8-9,11-14H,7,10H2,(H,23,24). The van der Waals surface area contributed by atoms with Gasteiger partial charge < -0.3 is 5.11 Å². The Bertz CT molecular complexity index is 931. The molecule has 0 spiro atoms. The van der Waals surface area contributed by atoms with E-state index in [0.29, 0.717) is 12.0 Å². The van der Waals surface area contributed by atoms with Crippen molar-refractivity contribution in [1.29, 1.82) is 0 Å². The first-order valence-corrected chi connectivity index (χ1v) is 8.19. The molecule has 0 aliphatic heterocycles. The van der Waals surface area contributed by atoms with Crippen molar-refractivity contribution in [2.24, 2.45) is 0 Å². The van der Waals surface area contributed by atoms with Gasteiger partial charge in [-0.3, -0.25) is 10.1 Å². The summed E-state index contributed by atoms with van der Waals surface area (Å²) < 4.78 is 0. The molecule has 3 aromatic rings. The molecule has 0 heterocycles. The Morgan fingerprint density at radius 1 is 0.846 bits per heavy atom. The summed E-state index contributed by atoms with van der Waals surface area (Å²) >= 11 is 0. The van der Waals surface area contributed by atoms with Crippen LogP contribution in [0.5, 0.6) is 0 Å². The van der Waals surface area contributed by atoms with Gasteiger partial charge in [0.25, 0.3) is 5.69 Å². The molecular formula is C21H17NO4. The lowest BCUT2D eigenvalue weighted by molar-refractivity contribution is -0.384. The second-order valence-electron chi connectivity index (χ2n) is 5.96. The molecular weight excluding hydrogens is 330 g/mol. The van der Waals surface area contributed by atoms with Gasteiger partial charge in [0.2, 0.25) is 0 Å². The fourth-order valence-corrected chi connectivity index (χ4v) is 2.87. The predicted molar refractivity (Wildman–Crippen MR) is 99.3 cm³/mol.